The highest BCUT2D eigenvalue weighted by Gasteiger charge is 2.63. The van der Waals surface area contributed by atoms with Gasteiger partial charge in [0.05, 0.1) is 18.8 Å². The molecule has 0 aromatic carbocycles. The van der Waals surface area contributed by atoms with Gasteiger partial charge in [-0.1, -0.05) is 20.8 Å². The summed E-state index contributed by atoms with van der Waals surface area (Å²) in [4.78, 5) is 12.2. The summed E-state index contributed by atoms with van der Waals surface area (Å²) in [5.74, 6) is 2.71. The summed E-state index contributed by atoms with van der Waals surface area (Å²) < 4.78 is 35.6. The van der Waals surface area contributed by atoms with Gasteiger partial charge in [-0.25, -0.2) is 8.42 Å². The molecule has 4 rings (SSSR count). The van der Waals surface area contributed by atoms with Crippen LogP contribution < -0.4 is 5.32 Å². The van der Waals surface area contributed by atoms with Crippen LogP contribution in [0.5, 0.6) is 0 Å². The number of nitrogens with one attached hydrogen (secondary N) is 1. The van der Waals surface area contributed by atoms with Crippen LogP contribution in [0.4, 0.5) is 0 Å². The van der Waals surface area contributed by atoms with Crippen molar-refractivity contribution in [2.45, 2.75) is 97.2 Å². The first-order valence-electron chi connectivity index (χ1n) is 13.6. The van der Waals surface area contributed by atoms with Crippen molar-refractivity contribution < 1.29 is 32.2 Å². The lowest BCUT2D eigenvalue weighted by Crippen LogP contribution is -2.58. The minimum absolute atomic E-state index is 0.0174. The number of amides is 1. The number of rotatable bonds is 8. The van der Waals surface area contributed by atoms with Crippen LogP contribution in [0, 0.1) is 46.3 Å². The molecule has 0 bridgehead atoms. The summed E-state index contributed by atoms with van der Waals surface area (Å²) in [6, 6.07) is 0. The van der Waals surface area contributed by atoms with Crippen molar-refractivity contribution in [2.24, 2.45) is 46.3 Å². The van der Waals surface area contributed by atoms with E-state index in [-0.39, 0.29) is 48.0 Å². The Morgan fingerprint density at radius 3 is 2.57 bits per heavy atom. The molecule has 3 N–H and O–H groups in total. The average Bonchev–Trinajstić information content (AvgIpc) is 3.14. The highest BCUT2D eigenvalue weighted by molar-refractivity contribution is 7.80. The Kier molecular flexibility index (Phi) is 7.95. The first kappa shape index (κ1) is 27.3. The van der Waals surface area contributed by atoms with Crippen molar-refractivity contribution in [1.82, 2.24) is 5.32 Å². The van der Waals surface area contributed by atoms with Crippen LogP contribution >= 0.6 is 0 Å². The van der Waals surface area contributed by atoms with Gasteiger partial charge in [0.15, 0.2) is 0 Å². The first-order valence-corrected chi connectivity index (χ1v) is 14.9. The molecule has 10 atom stereocenters. The third-order valence-corrected chi connectivity index (χ3v) is 11.4. The molecule has 0 aliphatic heterocycles. The van der Waals surface area contributed by atoms with Crippen molar-refractivity contribution in [3.05, 3.63) is 0 Å². The molecule has 0 heterocycles. The average molecular weight is 515 g/mol. The molecule has 0 radical (unpaired) electrons. The molecule has 0 aromatic rings. The van der Waals surface area contributed by atoms with E-state index in [4.69, 9.17) is 0 Å². The fourth-order valence-corrected chi connectivity index (χ4v) is 9.43. The highest BCUT2D eigenvalue weighted by atomic mass is 32.3. The van der Waals surface area contributed by atoms with Crippen molar-refractivity contribution in [2.75, 3.05) is 13.2 Å². The molecule has 35 heavy (non-hydrogen) atoms. The van der Waals surface area contributed by atoms with Gasteiger partial charge < -0.3 is 20.1 Å². The van der Waals surface area contributed by atoms with Crippen molar-refractivity contribution >= 4 is 16.3 Å². The van der Waals surface area contributed by atoms with Crippen molar-refractivity contribution in [3.63, 3.8) is 0 Å². The molecule has 0 saturated heterocycles. The molecule has 4 saturated carbocycles. The smallest absolute Gasteiger partial charge is 0.220 e. The Morgan fingerprint density at radius 1 is 1.11 bits per heavy atom. The van der Waals surface area contributed by atoms with Crippen LogP contribution in [0.1, 0.15) is 85.0 Å². The molecular formula is C26H44NO7S-. The molecule has 8 nitrogen and oxygen atoms in total. The molecule has 4 aliphatic rings. The number of aliphatic hydroxyl groups is 2. The number of carbonyl (C=O) groups is 1. The van der Waals surface area contributed by atoms with E-state index in [2.05, 4.69) is 30.3 Å². The van der Waals surface area contributed by atoms with Crippen LogP contribution in [-0.2, 0) is 19.4 Å². The zero-order valence-corrected chi connectivity index (χ0v) is 22.3. The Balaban J connectivity index is 1.36. The number of fused-ring (bicyclic) bond motifs is 5. The van der Waals surface area contributed by atoms with Gasteiger partial charge in [0.1, 0.15) is 0 Å². The lowest BCUT2D eigenvalue weighted by molar-refractivity contribution is -0.174. The van der Waals surface area contributed by atoms with E-state index in [1.165, 1.54) is 12.8 Å². The summed E-state index contributed by atoms with van der Waals surface area (Å²) in [5, 5.41) is 24.5. The number of carbonyl (C=O) groups excluding carboxylic acids is 1. The number of aliphatic hydroxyl groups excluding tert-OH is 2. The summed E-state index contributed by atoms with van der Waals surface area (Å²) in [5.41, 5.74) is 0.0894. The van der Waals surface area contributed by atoms with Crippen LogP contribution in [0.25, 0.3) is 0 Å². The molecule has 1 amide bonds. The molecule has 0 aromatic heterocycles. The van der Waals surface area contributed by atoms with E-state index in [1.807, 2.05) is 0 Å². The molecule has 9 heteroatoms. The fraction of sp³-hybridized carbons (Fsp3) is 0.962. The second-order valence-corrected chi connectivity index (χ2v) is 13.5. The minimum atomic E-state index is -4.74. The quantitative estimate of drug-likeness (QED) is 0.257. The van der Waals surface area contributed by atoms with Crippen molar-refractivity contribution in [1.29, 1.82) is 0 Å². The second-order valence-electron chi connectivity index (χ2n) is 12.5. The number of hydrogen-bond donors (Lipinski definition) is 3. The van der Waals surface area contributed by atoms with Crippen LogP contribution in [0.3, 0.4) is 0 Å². The normalized spacial score (nSPS) is 44.1. The zero-order valence-electron chi connectivity index (χ0n) is 21.4. The highest BCUT2D eigenvalue weighted by Crippen LogP contribution is 2.68. The molecular weight excluding hydrogens is 470 g/mol. The summed E-state index contributed by atoms with van der Waals surface area (Å²) in [6.45, 7) is 6.55. The lowest BCUT2D eigenvalue weighted by atomic mass is 9.43. The molecule has 4 aliphatic carbocycles. The minimum Gasteiger partial charge on any atom is -0.726 e. The predicted molar refractivity (Wildman–Crippen MR) is 130 cm³/mol. The first-order chi connectivity index (χ1) is 16.4. The molecule has 0 unspecified atom stereocenters. The van der Waals surface area contributed by atoms with Gasteiger partial charge in [0.2, 0.25) is 16.3 Å². The van der Waals surface area contributed by atoms with Gasteiger partial charge in [0.25, 0.3) is 0 Å². The Hall–Kier alpha value is -0.740. The van der Waals surface area contributed by atoms with E-state index in [9.17, 15) is 28.0 Å². The maximum Gasteiger partial charge on any atom is 0.220 e. The van der Waals surface area contributed by atoms with E-state index in [1.54, 1.807) is 0 Å². The Labute approximate surface area is 210 Å². The van der Waals surface area contributed by atoms with Gasteiger partial charge in [0, 0.05) is 13.0 Å². The number of hydrogen-bond acceptors (Lipinski definition) is 7. The lowest BCUT2D eigenvalue weighted by Gasteiger charge is -2.62. The SMILES string of the molecule is C[C@H](CCC(=O)NCCOS(=O)(=O)[O-])[C@H]1CC[C@H]2[C@@H]3CC[C@@H]4C[C@H](O)CC[C@]4(C)[C@H]3C[C@H](O)[C@]12C. The topological polar surface area (TPSA) is 136 Å². The summed E-state index contributed by atoms with van der Waals surface area (Å²) in [7, 11) is -4.74. The van der Waals surface area contributed by atoms with E-state index >= 15 is 0 Å². The Bertz CT molecular complexity index is 881. The monoisotopic (exact) mass is 514 g/mol. The molecule has 0 spiro atoms. The van der Waals surface area contributed by atoms with E-state index < -0.39 is 10.4 Å². The maximum absolute atomic E-state index is 12.2. The predicted octanol–water partition coefficient (Wildman–Crippen LogP) is 2.99. The van der Waals surface area contributed by atoms with Gasteiger partial charge in [-0.2, -0.15) is 0 Å². The fourth-order valence-electron chi connectivity index (χ4n) is 9.14. The third-order valence-electron chi connectivity index (χ3n) is 11.0. The molecule has 4 fully saturated rings. The Morgan fingerprint density at radius 2 is 1.86 bits per heavy atom. The van der Waals surface area contributed by atoms with E-state index in [0.29, 0.717) is 42.4 Å². The van der Waals surface area contributed by atoms with Crippen LogP contribution in [0.2, 0.25) is 0 Å². The van der Waals surface area contributed by atoms with Gasteiger partial charge >= 0.3 is 0 Å². The zero-order chi connectivity index (χ0) is 25.6. The largest absolute Gasteiger partial charge is 0.726 e. The summed E-state index contributed by atoms with van der Waals surface area (Å²) in [6.07, 6.45) is 8.86. The van der Waals surface area contributed by atoms with Crippen LogP contribution in [-0.4, -0.2) is 54.5 Å². The maximum atomic E-state index is 12.2. The molecule has 202 valence electrons. The third kappa shape index (κ3) is 5.31. The van der Waals surface area contributed by atoms with Gasteiger partial charge in [-0.15, -0.1) is 0 Å². The van der Waals surface area contributed by atoms with Gasteiger partial charge in [-0.3, -0.25) is 8.98 Å². The van der Waals surface area contributed by atoms with E-state index in [0.717, 1.165) is 38.5 Å². The van der Waals surface area contributed by atoms with Gasteiger partial charge in [-0.05, 0) is 104 Å². The standard InChI is InChI=1S/C26H45NO7S/c1-16(4-9-24(30)27-12-13-34-35(31,32)33)20-7-8-21-19-6-5-17-14-18(28)10-11-25(17,2)22(19)15-23(29)26(20,21)3/h16-23,28-29H,4-15H2,1-3H3,(H,27,30)(H,31,32,33)/p-1/t16-,17-,18-,19+,20-,21+,22+,23+,25+,26-/m1/s1. The second kappa shape index (κ2) is 10.2. The summed E-state index contributed by atoms with van der Waals surface area (Å²) >= 11 is 0. The van der Waals surface area contributed by atoms with Crippen LogP contribution in [0.15, 0.2) is 0 Å². The van der Waals surface area contributed by atoms with Crippen molar-refractivity contribution in [3.8, 4) is 0 Å².